The van der Waals surface area contributed by atoms with Gasteiger partial charge in [-0.05, 0) is 37.8 Å². The third-order valence-electron chi connectivity index (χ3n) is 2.75. The minimum Gasteiger partial charge on any atom is -0.318 e. The minimum absolute atomic E-state index is 0.154. The standard InChI is InChI=1S/C14H21O2P/c1-9(2)8-17(16)14(15)13-11(4)6-10(3)7-12(13)5/h6-7,9,17H,8H2,1-5H3. The Morgan fingerprint density at radius 1 is 1.18 bits per heavy atom. The molecule has 1 atom stereocenters. The number of hydrogen-bond acceptors (Lipinski definition) is 2. The molecule has 2 nitrogen and oxygen atoms in total. The Labute approximate surface area is 104 Å². The van der Waals surface area contributed by atoms with Crippen LogP contribution in [0.3, 0.4) is 0 Å². The van der Waals surface area contributed by atoms with Crippen molar-refractivity contribution in [3.8, 4) is 0 Å². The lowest BCUT2D eigenvalue weighted by Crippen LogP contribution is -2.04. The summed E-state index contributed by atoms with van der Waals surface area (Å²) in [5.41, 5.74) is 3.53. The van der Waals surface area contributed by atoms with Gasteiger partial charge in [0.15, 0.2) is 0 Å². The molecule has 94 valence electrons. The van der Waals surface area contributed by atoms with Crippen molar-refractivity contribution in [2.45, 2.75) is 34.6 Å². The average Bonchev–Trinajstić information content (AvgIpc) is 2.14. The minimum atomic E-state index is -2.16. The number of hydrogen-bond donors (Lipinski definition) is 0. The lowest BCUT2D eigenvalue weighted by molar-refractivity contribution is 0.107. The van der Waals surface area contributed by atoms with Gasteiger partial charge in [0.2, 0.25) is 5.52 Å². The summed E-state index contributed by atoms with van der Waals surface area (Å²) in [7, 11) is -2.16. The lowest BCUT2D eigenvalue weighted by atomic mass is 10.0. The van der Waals surface area contributed by atoms with Crippen molar-refractivity contribution in [2.75, 3.05) is 6.16 Å². The van der Waals surface area contributed by atoms with E-state index in [2.05, 4.69) is 0 Å². The van der Waals surface area contributed by atoms with Crippen LogP contribution in [0.1, 0.15) is 40.9 Å². The van der Waals surface area contributed by atoms with Gasteiger partial charge in [0.1, 0.15) is 7.80 Å². The molecule has 0 aliphatic rings. The van der Waals surface area contributed by atoms with Crippen LogP contribution in [-0.2, 0) is 4.57 Å². The third kappa shape index (κ3) is 3.54. The highest BCUT2D eigenvalue weighted by molar-refractivity contribution is 7.64. The molecular formula is C14H21O2P. The second-order valence-electron chi connectivity index (χ2n) is 5.12. The topological polar surface area (TPSA) is 34.1 Å². The molecule has 0 heterocycles. The van der Waals surface area contributed by atoms with Crippen molar-refractivity contribution in [1.29, 1.82) is 0 Å². The fourth-order valence-corrected chi connectivity index (χ4v) is 3.74. The molecule has 0 aromatic heterocycles. The fourth-order valence-electron chi connectivity index (χ4n) is 2.14. The van der Waals surface area contributed by atoms with Crippen LogP contribution < -0.4 is 0 Å². The zero-order valence-electron chi connectivity index (χ0n) is 11.3. The number of carbonyl (C=O) groups excluding carboxylic acids is 1. The number of benzene rings is 1. The van der Waals surface area contributed by atoms with E-state index in [-0.39, 0.29) is 5.52 Å². The normalized spacial score (nSPS) is 12.8. The third-order valence-corrected chi connectivity index (χ3v) is 4.69. The van der Waals surface area contributed by atoms with Crippen LogP contribution in [0.25, 0.3) is 0 Å². The molecule has 17 heavy (non-hydrogen) atoms. The largest absolute Gasteiger partial charge is 0.318 e. The Morgan fingerprint density at radius 2 is 1.65 bits per heavy atom. The Hall–Kier alpha value is -0.880. The molecule has 1 unspecified atom stereocenters. The predicted molar refractivity (Wildman–Crippen MR) is 73.7 cm³/mol. The van der Waals surface area contributed by atoms with E-state index in [0.29, 0.717) is 17.6 Å². The first-order valence-corrected chi connectivity index (χ1v) is 7.59. The molecule has 0 radical (unpaired) electrons. The van der Waals surface area contributed by atoms with Gasteiger partial charge in [-0.1, -0.05) is 31.5 Å². The second kappa shape index (κ2) is 5.64. The van der Waals surface area contributed by atoms with Gasteiger partial charge in [0.05, 0.1) is 0 Å². The van der Waals surface area contributed by atoms with Gasteiger partial charge >= 0.3 is 0 Å². The highest BCUT2D eigenvalue weighted by atomic mass is 31.1. The smallest absolute Gasteiger partial charge is 0.219 e. The molecule has 1 aromatic carbocycles. The Bertz CT molecular complexity index is 438. The van der Waals surface area contributed by atoms with Gasteiger partial charge in [-0.3, -0.25) is 4.79 Å². The van der Waals surface area contributed by atoms with Crippen molar-refractivity contribution in [3.05, 3.63) is 34.4 Å². The molecule has 0 aliphatic carbocycles. The summed E-state index contributed by atoms with van der Waals surface area (Å²) in [6.45, 7) is 9.82. The molecule has 0 saturated heterocycles. The maximum absolute atomic E-state index is 12.2. The summed E-state index contributed by atoms with van der Waals surface area (Å²) in [5, 5.41) is 0. The maximum atomic E-state index is 12.2. The lowest BCUT2D eigenvalue weighted by Gasteiger charge is -2.11. The van der Waals surface area contributed by atoms with E-state index < -0.39 is 7.80 Å². The van der Waals surface area contributed by atoms with Gasteiger partial charge < -0.3 is 4.57 Å². The van der Waals surface area contributed by atoms with Crippen LogP contribution in [0.2, 0.25) is 0 Å². The molecule has 0 fully saturated rings. The zero-order valence-corrected chi connectivity index (χ0v) is 12.3. The van der Waals surface area contributed by atoms with Crippen molar-refractivity contribution in [3.63, 3.8) is 0 Å². The van der Waals surface area contributed by atoms with E-state index in [1.54, 1.807) is 0 Å². The van der Waals surface area contributed by atoms with Gasteiger partial charge in [-0.25, -0.2) is 0 Å². The summed E-state index contributed by atoms with van der Waals surface area (Å²) in [4.78, 5) is 12.2. The van der Waals surface area contributed by atoms with Crippen LogP contribution in [-0.4, -0.2) is 11.7 Å². The SMILES string of the molecule is Cc1cc(C)c(C(=O)[PH](=O)CC(C)C)c(C)c1. The van der Waals surface area contributed by atoms with Crippen molar-refractivity contribution >= 4 is 13.3 Å². The monoisotopic (exact) mass is 252 g/mol. The molecule has 0 bridgehead atoms. The molecule has 0 N–H and O–H groups in total. The van der Waals surface area contributed by atoms with Gasteiger partial charge in [0, 0.05) is 11.7 Å². The molecule has 1 aromatic rings. The Kier molecular flexibility index (Phi) is 4.70. The number of rotatable bonds is 4. The van der Waals surface area contributed by atoms with Crippen molar-refractivity contribution in [2.24, 2.45) is 5.92 Å². The van der Waals surface area contributed by atoms with E-state index in [4.69, 9.17) is 0 Å². The van der Waals surface area contributed by atoms with Crippen molar-refractivity contribution < 1.29 is 9.36 Å². The molecular weight excluding hydrogens is 231 g/mol. The molecule has 0 saturated carbocycles. The number of aryl methyl sites for hydroxylation is 3. The quantitative estimate of drug-likeness (QED) is 0.760. The van der Waals surface area contributed by atoms with E-state index in [0.717, 1.165) is 16.7 Å². The van der Waals surface area contributed by atoms with E-state index in [9.17, 15) is 9.36 Å². The van der Waals surface area contributed by atoms with Gasteiger partial charge in [-0.15, -0.1) is 0 Å². The maximum Gasteiger partial charge on any atom is 0.219 e. The van der Waals surface area contributed by atoms with Crippen LogP contribution >= 0.6 is 7.80 Å². The Balaban J connectivity index is 3.09. The van der Waals surface area contributed by atoms with Crippen molar-refractivity contribution in [1.82, 2.24) is 0 Å². The second-order valence-corrected chi connectivity index (χ2v) is 6.83. The molecule has 0 amide bonds. The fraction of sp³-hybridized carbons (Fsp3) is 0.500. The Morgan fingerprint density at radius 3 is 2.06 bits per heavy atom. The van der Waals surface area contributed by atoms with E-state index >= 15 is 0 Å². The van der Waals surface area contributed by atoms with Crippen LogP contribution in [0, 0.1) is 26.7 Å². The average molecular weight is 252 g/mol. The molecule has 3 heteroatoms. The van der Waals surface area contributed by atoms with Gasteiger partial charge in [-0.2, -0.15) is 0 Å². The van der Waals surface area contributed by atoms with Crippen LogP contribution in [0.4, 0.5) is 0 Å². The summed E-state index contributed by atoms with van der Waals surface area (Å²) in [5.74, 6) is 0.302. The first-order valence-electron chi connectivity index (χ1n) is 5.98. The summed E-state index contributed by atoms with van der Waals surface area (Å²) in [6.07, 6.45) is 0.510. The molecule has 0 spiro atoms. The highest BCUT2D eigenvalue weighted by Crippen LogP contribution is 2.32. The molecule has 1 rings (SSSR count). The zero-order chi connectivity index (χ0) is 13.2. The number of carbonyl (C=O) groups is 1. The van der Waals surface area contributed by atoms with Crippen LogP contribution in [0.5, 0.6) is 0 Å². The van der Waals surface area contributed by atoms with Gasteiger partial charge in [0.25, 0.3) is 0 Å². The predicted octanol–water partition coefficient (Wildman–Crippen LogP) is 3.97. The first kappa shape index (κ1) is 14.2. The van der Waals surface area contributed by atoms with E-state index in [1.807, 2.05) is 46.8 Å². The van der Waals surface area contributed by atoms with E-state index in [1.165, 1.54) is 0 Å². The molecule has 0 aliphatic heterocycles. The van der Waals surface area contributed by atoms with Crippen LogP contribution in [0.15, 0.2) is 12.1 Å². The summed E-state index contributed by atoms with van der Waals surface area (Å²) in [6, 6.07) is 3.95. The first-order chi connectivity index (χ1) is 7.82. The summed E-state index contributed by atoms with van der Waals surface area (Å²) >= 11 is 0. The summed E-state index contributed by atoms with van der Waals surface area (Å²) < 4.78 is 12.0. The highest BCUT2D eigenvalue weighted by Gasteiger charge is 2.19.